The average Bonchev–Trinajstić information content (AvgIpc) is 2.61. The standard InChI is InChI=1S/C18H21ClN4O/c1-2-15-8-3-4-11-23(15)17(24)16-9-10-20-18(22-16)21-14-7-5-6-13(19)12-14/h5-7,9-10,12,15H,2-4,8,11H2,1H3,(H,20,21,22). The summed E-state index contributed by atoms with van der Waals surface area (Å²) in [6, 6.07) is 9.30. The van der Waals surface area contributed by atoms with Gasteiger partial charge in [-0.05, 0) is 49.9 Å². The number of nitrogens with one attached hydrogen (secondary N) is 1. The molecule has 126 valence electrons. The monoisotopic (exact) mass is 344 g/mol. The van der Waals surface area contributed by atoms with Crippen LogP contribution in [-0.4, -0.2) is 33.4 Å². The van der Waals surface area contributed by atoms with Crippen molar-refractivity contribution in [2.75, 3.05) is 11.9 Å². The van der Waals surface area contributed by atoms with Crippen LogP contribution in [-0.2, 0) is 0 Å². The zero-order valence-corrected chi connectivity index (χ0v) is 14.5. The van der Waals surface area contributed by atoms with Gasteiger partial charge < -0.3 is 10.2 Å². The Bertz CT molecular complexity index is 722. The molecule has 1 saturated heterocycles. The minimum Gasteiger partial charge on any atom is -0.334 e. The molecular formula is C18H21ClN4O. The molecule has 3 rings (SSSR count). The van der Waals surface area contributed by atoms with Gasteiger partial charge >= 0.3 is 0 Å². The fraction of sp³-hybridized carbons (Fsp3) is 0.389. The Morgan fingerprint density at radius 3 is 3.04 bits per heavy atom. The van der Waals surface area contributed by atoms with Crippen molar-refractivity contribution in [1.29, 1.82) is 0 Å². The molecule has 2 aromatic rings. The Morgan fingerprint density at radius 2 is 2.25 bits per heavy atom. The Morgan fingerprint density at radius 1 is 1.38 bits per heavy atom. The molecule has 5 nitrogen and oxygen atoms in total. The Kier molecular flexibility index (Phi) is 5.30. The van der Waals surface area contributed by atoms with Crippen molar-refractivity contribution in [1.82, 2.24) is 14.9 Å². The molecule has 1 fully saturated rings. The third kappa shape index (κ3) is 3.85. The van der Waals surface area contributed by atoms with Crippen molar-refractivity contribution in [3.63, 3.8) is 0 Å². The molecule has 1 amide bonds. The third-order valence-electron chi connectivity index (χ3n) is 4.31. The summed E-state index contributed by atoms with van der Waals surface area (Å²) in [6.07, 6.45) is 5.90. The minimum absolute atomic E-state index is 0.0157. The van der Waals surface area contributed by atoms with Gasteiger partial charge in [0.25, 0.3) is 5.91 Å². The molecule has 2 heterocycles. The smallest absolute Gasteiger partial charge is 0.272 e. The lowest BCUT2D eigenvalue weighted by Gasteiger charge is -2.35. The van der Waals surface area contributed by atoms with E-state index in [1.54, 1.807) is 24.4 Å². The van der Waals surface area contributed by atoms with E-state index in [4.69, 9.17) is 11.6 Å². The summed E-state index contributed by atoms with van der Waals surface area (Å²) in [4.78, 5) is 23.3. The highest BCUT2D eigenvalue weighted by atomic mass is 35.5. The fourth-order valence-electron chi connectivity index (χ4n) is 3.07. The van der Waals surface area contributed by atoms with Crippen LogP contribution in [0.1, 0.15) is 43.1 Å². The average molecular weight is 345 g/mol. The lowest BCUT2D eigenvalue weighted by Crippen LogP contribution is -2.43. The van der Waals surface area contributed by atoms with E-state index in [-0.39, 0.29) is 5.91 Å². The summed E-state index contributed by atoms with van der Waals surface area (Å²) in [6.45, 7) is 2.93. The third-order valence-corrected chi connectivity index (χ3v) is 4.55. The Balaban J connectivity index is 1.78. The first-order chi connectivity index (χ1) is 11.7. The second-order valence-electron chi connectivity index (χ2n) is 5.96. The molecule has 1 N–H and O–H groups in total. The molecule has 1 atom stereocenters. The number of carbonyl (C=O) groups is 1. The van der Waals surface area contributed by atoms with E-state index in [2.05, 4.69) is 22.2 Å². The number of carbonyl (C=O) groups excluding carboxylic acids is 1. The highest BCUT2D eigenvalue weighted by molar-refractivity contribution is 6.30. The van der Waals surface area contributed by atoms with Crippen molar-refractivity contribution in [3.8, 4) is 0 Å². The fourth-order valence-corrected chi connectivity index (χ4v) is 3.26. The molecule has 0 spiro atoms. The second kappa shape index (κ2) is 7.62. The van der Waals surface area contributed by atoms with E-state index in [0.29, 0.717) is 22.7 Å². The number of anilines is 2. The Labute approximate surface area is 147 Å². The Hall–Kier alpha value is -2.14. The second-order valence-corrected chi connectivity index (χ2v) is 6.39. The molecule has 1 unspecified atom stereocenters. The molecule has 0 aliphatic carbocycles. The number of piperidine rings is 1. The maximum absolute atomic E-state index is 12.8. The molecule has 6 heteroatoms. The highest BCUT2D eigenvalue weighted by Crippen LogP contribution is 2.22. The lowest BCUT2D eigenvalue weighted by atomic mass is 9.99. The predicted octanol–water partition coefficient (Wildman–Crippen LogP) is 4.28. The van der Waals surface area contributed by atoms with Gasteiger partial charge in [0, 0.05) is 29.5 Å². The molecule has 24 heavy (non-hydrogen) atoms. The first kappa shape index (κ1) is 16.7. The first-order valence-electron chi connectivity index (χ1n) is 8.34. The van der Waals surface area contributed by atoms with Crippen molar-refractivity contribution in [3.05, 3.63) is 47.2 Å². The van der Waals surface area contributed by atoms with Crippen LogP contribution >= 0.6 is 11.6 Å². The van der Waals surface area contributed by atoms with Gasteiger partial charge in [0.05, 0.1) is 0 Å². The van der Waals surface area contributed by atoms with Crippen LogP contribution in [0.2, 0.25) is 5.02 Å². The number of nitrogens with zero attached hydrogens (tertiary/aromatic N) is 3. The molecule has 0 radical (unpaired) electrons. The van der Waals surface area contributed by atoms with Crippen molar-refractivity contribution in [2.45, 2.75) is 38.6 Å². The van der Waals surface area contributed by atoms with Crippen LogP contribution in [0.5, 0.6) is 0 Å². The summed E-state index contributed by atoms with van der Waals surface area (Å²) in [7, 11) is 0. The molecule has 0 saturated carbocycles. The zero-order chi connectivity index (χ0) is 16.9. The molecule has 1 aliphatic rings. The predicted molar refractivity (Wildman–Crippen MR) is 95.7 cm³/mol. The van der Waals surface area contributed by atoms with E-state index in [1.165, 1.54) is 6.42 Å². The normalized spacial score (nSPS) is 17.6. The summed E-state index contributed by atoms with van der Waals surface area (Å²) in [5, 5.41) is 3.72. The van der Waals surface area contributed by atoms with Crippen molar-refractivity contribution < 1.29 is 4.79 Å². The number of likely N-dealkylation sites (tertiary alicyclic amines) is 1. The van der Waals surface area contributed by atoms with Crippen molar-refractivity contribution >= 4 is 29.1 Å². The van der Waals surface area contributed by atoms with Crippen LogP contribution in [0.3, 0.4) is 0 Å². The number of hydrogen-bond acceptors (Lipinski definition) is 4. The SMILES string of the molecule is CCC1CCCCN1C(=O)c1ccnc(Nc2cccc(Cl)c2)n1. The van der Waals surface area contributed by atoms with Crippen LogP contribution in [0, 0.1) is 0 Å². The number of rotatable bonds is 4. The van der Waals surface area contributed by atoms with E-state index >= 15 is 0 Å². The van der Waals surface area contributed by atoms with Crippen LogP contribution in [0.25, 0.3) is 0 Å². The minimum atomic E-state index is -0.0157. The van der Waals surface area contributed by atoms with Gasteiger partial charge in [0.15, 0.2) is 0 Å². The lowest BCUT2D eigenvalue weighted by molar-refractivity contribution is 0.0602. The van der Waals surface area contributed by atoms with E-state index in [0.717, 1.165) is 31.5 Å². The maximum Gasteiger partial charge on any atom is 0.272 e. The molecule has 1 aromatic carbocycles. The summed E-state index contributed by atoms with van der Waals surface area (Å²) < 4.78 is 0. The highest BCUT2D eigenvalue weighted by Gasteiger charge is 2.27. The maximum atomic E-state index is 12.8. The van der Waals surface area contributed by atoms with Gasteiger partial charge in [-0.25, -0.2) is 9.97 Å². The summed E-state index contributed by atoms with van der Waals surface area (Å²) in [5.41, 5.74) is 1.21. The number of amides is 1. The van der Waals surface area contributed by atoms with E-state index in [1.807, 2.05) is 17.0 Å². The van der Waals surface area contributed by atoms with Gasteiger partial charge in [-0.2, -0.15) is 0 Å². The van der Waals surface area contributed by atoms with Crippen LogP contribution < -0.4 is 5.32 Å². The van der Waals surface area contributed by atoms with Gasteiger partial charge in [-0.1, -0.05) is 24.6 Å². The van der Waals surface area contributed by atoms with Gasteiger partial charge in [-0.15, -0.1) is 0 Å². The summed E-state index contributed by atoms with van der Waals surface area (Å²) >= 11 is 5.98. The number of hydrogen-bond donors (Lipinski definition) is 1. The van der Waals surface area contributed by atoms with Gasteiger partial charge in [0.1, 0.15) is 5.69 Å². The number of halogens is 1. The summed E-state index contributed by atoms with van der Waals surface area (Å²) in [5.74, 6) is 0.381. The molecular weight excluding hydrogens is 324 g/mol. The zero-order valence-electron chi connectivity index (χ0n) is 13.7. The number of benzene rings is 1. The van der Waals surface area contributed by atoms with Crippen LogP contribution in [0.15, 0.2) is 36.5 Å². The topological polar surface area (TPSA) is 58.1 Å². The molecule has 1 aromatic heterocycles. The van der Waals surface area contributed by atoms with E-state index < -0.39 is 0 Å². The quantitative estimate of drug-likeness (QED) is 0.899. The van der Waals surface area contributed by atoms with Gasteiger partial charge in [0.2, 0.25) is 5.95 Å². The first-order valence-corrected chi connectivity index (χ1v) is 8.72. The van der Waals surface area contributed by atoms with Gasteiger partial charge in [-0.3, -0.25) is 4.79 Å². The van der Waals surface area contributed by atoms with Crippen molar-refractivity contribution in [2.24, 2.45) is 0 Å². The number of aromatic nitrogens is 2. The molecule has 0 bridgehead atoms. The van der Waals surface area contributed by atoms with E-state index in [9.17, 15) is 4.79 Å². The largest absolute Gasteiger partial charge is 0.334 e. The molecule has 1 aliphatic heterocycles. The van der Waals surface area contributed by atoms with Crippen LogP contribution in [0.4, 0.5) is 11.6 Å².